The van der Waals surface area contributed by atoms with Crippen LogP contribution in [0, 0.1) is 0 Å². The van der Waals surface area contributed by atoms with Gasteiger partial charge in [-0.25, -0.2) is 0 Å². The molecule has 1 aliphatic rings. The van der Waals surface area contributed by atoms with Gasteiger partial charge in [0.05, 0.1) is 0 Å². The van der Waals surface area contributed by atoms with E-state index in [9.17, 15) is 17.1 Å². The average Bonchev–Trinajstić information content (AvgIpc) is 2.78. The molecular formula is C15H20FNO3S. The summed E-state index contributed by atoms with van der Waals surface area (Å²) in [6.45, 7) is 4.62. The largest absolute Gasteiger partial charge is 0.341 e. The molecule has 1 aromatic carbocycles. The smallest absolute Gasteiger partial charge is 0.307 e. The van der Waals surface area contributed by atoms with Crippen molar-refractivity contribution in [1.29, 1.82) is 0 Å². The molecule has 0 radical (unpaired) electrons. The Morgan fingerprint density at radius 1 is 1.29 bits per heavy atom. The van der Waals surface area contributed by atoms with Crippen molar-refractivity contribution in [1.82, 2.24) is 4.90 Å². The molecule has 0 spiro atoms. The van der Waals surface area contributed by atoms with Crippen molar-refractivity contribution < 1.29 is 17.1 Å². The molecule has 0 bridgehead atoms. The molecule has 1 saturated heterocycles. The molecule has 0 aliphatic carbocycles. The Morgan fingerprint density at radius 3 is 2.38 bits per heavy atom. The van der Waals surface area contributed by atoms with Crippen LogP contribution in [0.15, 0.2) is 24.3 Å². The normalized spacial score (nSPS) is 19.5. The lowest BCUT2D eigenvalue weighted by atomic mass is 10.0. The molecule has 0 aromatic heterocycles. The van der Waals surface area contributed by atoms with E-state index in [-0.39, 0.29) is 18.9 Å². The minimum Gasteiger partial charge on any atom is -0.341 e. The van der Waals surface area contributed by atoms with Crippen LogP contribution in [0.3, 0.4) is 0 Å². The molecule has 1 amide bonds. The summed E-state index contributed by atoms with van der Waals surface area (Å²) in [5.74, 6) is 0.176. The molecule has 4 nitrogen and oxygen atoms in total. The molecule has 0 N–H and O–H groups in total. The number of carbonyl (C=O) groups excluding carboxylic acids is 1. The maximum atomic E-state index is 12.9. The Balaban J connectivity index is 1.93. The fraction of sp³-hybridized carbons (Fsp3) is 0.533. The van der Waals surface area contributed by atoms with Crippen molar-refractivity contribution in [2.75, 3.05) is 13.1 Å². The molecule has 1 aliphatic heterocycles. The van der Waals surface area contributed by atoms with E-state index in [1.165, 1.54) is 10.5 Å². The predicted molar refractivity (Wildman–Crippen MR) is 79.2 cm³/mol. The lowest BCUT2D eigenvalue weighted by molar-refractivity contribution is -0.127. The van der Waals surface area contributed by atoms with Crippen LogP contribution in [0.4, 0.5) is 3.89 Å². The van der Waals surface area contributed by atoms with E-state index in [0.29, 0.717) is 18.9 Å². The van der Waals surface area contributed by atoms with Crippen LogP contribution < -0.4 is 0 Å². The van der Waals surface area contributed by atoms with E-state index in [4.69, 9.17) is 0 Å². The highest BCUT2D eigenvalue weighted by Gasteiger charge is 2.37. The molecule has 116 valence electrons. The van der Waals surface area contributed by atoms with Gasteiger partial charge < -0.3 is 4.90 Å². The summed E-state index contributed by atoms with van der Waals surface area (Å²) in [6, 6.07) is 8.14. The Kier molecular flexibility index (Phi) is 4.66. The topological polar surface area (TPSA) is 54.5 Å². The quantitative estimate of drug-likeness (QED) is 0.784. The molecule has 1 aromatic rings. The zero-order chi connectivity index (χ0) is 15.6. The van der Waals surface area contributed by atoms with Crippen LogP contribution in [0.5, 0.6) is 0 Å². The van der Waals surface area contributed by atoms with Gasteiger partial charge >= 0.3 is 10.2 Å². The van der Waals surface area contributed by atoms with Crippen molar-refractivity contribution in [2.45, 2.75) is 37.9 Å². The van der Waals surface area contributed by atoms with Gasteiger partial charge in [0.25, 0.3) is 0 Å². The fourth-order valence-electron chi connectivity index (χ4n) is 2.47. The highest BCUT2D eigenvalue weighted by atomic mass is 32.3. The lowest BCUT2D eigenvalue weighted by Crippen LogP contribution is -2.29. The average molecular weight is 313 g/mol. The molecule has 0 saturated carbocycles. The Labute approximate surface area is 125 Å². The van der Waals surface area contributed by atoms with Gasteiger partial charge in [0.1, 0.15) is 5.25 Å². The second-order valence-corrected chi connectivity index (χ2v) is 7.41. The third kappa shape index (κ3) is 4.03. The maximum Gasteiger partial charge on any atom is 0.307 e. The van der Waals surface area contributed by atoms with Crippen molar-refractivity contribution in [3.63, 3.8) is 0 Å². The Hall–Kier alpha value is -1.43. The predicted octanol–water partition coefficient (Wildman–Crippen LogP) is 2.25. The Bertz CT molecular complexity index is 610. The zero-order valence-corrected chi connectivity index (χ0v) is 13.1. The van der Waals surface area contributed by atoms with Crippen LogP contribution in [0.1, 0.15) is 37.3 Å². The monoisotopic (exact) mass is 313 g/mol. The van der Waals surface area contributed by atoms with Gasteiger partial charge in [-0.3, -0.25) is 4.79 Å². The van der Waals surface area contributed by atoms with E-state index in [2.05, 4.69) is 26.0 Å². The second kappa shape index (κ2) is 6.13. The van der Waals surface area contributed by atoms with Gasteiger partial charge in [-0.1, -0.05) is 38.1 Å². The first kappa shape index (κ1) is 15.9. The first-order chi connectivity index (χ1) is 9.77. The van der Waals surface area contributed by atoms with Gasteiger partial charge in [0.15, 0.2) is 0 Å². The summed E-state index contributed by atoms with van der Waals surface area (Å²) < 4.78 is 34.6. The molecule has 1 atom stereocenters. The number of likely N-dealkylation sites (tertiary alicyclic amines) is 1. The number of carbonyl (C=O) groups is 1. The van der Waals surface area contributed by atoms with E-state index in [1.807, 2.05) is 12.1 Å². The summed E-state index contributed by atoms with van der Waals surface area (Å²) in [7, 11) is -4.63. The minimum atomic E-state index is -4.63. The number of halogens is 1. The third-order valence-corrected chi connectivity index (χ3v) is 5.01. The fourth-order valence-corrected chi connectivity index (χ4v) is 3.17. The summed E-state index contributed by atoms with van der Waals surface area (Å²) in [5, 5.41) is -1.20. The van der Waals surface area contributed by atoms with Gasteiger partial charge in [0, 0.05) is 19.5 Å². The van der Waals surface area contributed by atoms with Crippen LogP contribution in [-0.4, -0.2) is 37.6 Å². The molecule has 6 heteroatoms. The van der Waals surface area contributed by atoms with Gasteiger partial charge in [-0.15, -0.1) is 3.89 Å². The first-order valence-electron chi connectivity index (χ1n) is 7.07. The van der Waals surface area contributed by atoms with Crippen LogP contribution in [0.2, 0.25) is 0 Å². The SMILES string of the molecule is CC(C)c1ccc(CCN2CC(S(=O)(=O)F)CC2=O)cc1. The van der Waals surface area contributed by atoms with E-state index in [0.717, 1.165) is 5.56 Å². The molecule has 1 fully saturated rings. The van der Waals surface area contributed by atoms with Crippen LogP contribution >= 0.6 is 0 Å². The maximum absolute atomic E-state index is 12.9. The van der Waals surface area contributed by atoms with E-state index < -0.39 is 15.5 Å². The number of hydrogen-bond acceptors (Lipinski definition) is 3. The lowest BCUT2D eigenvalue weighted by Gasteiger charge is -2.16. The highest BCUT2D eigenvalue weighted by molar-refractivity contribution is 7.87. The third-order valence-electron chi connectivity index (χ3n) is 3.89. The molecule has 21 heavy (non-hydrogen) atoms. The van der Waals surface area contributed by atoms with Gasteiger partial charge in [-0.2, -0.15) is 8.42 Å². The minimum absolute atomic E-state index is 0.0399. The summed E-state index contributed by atoms with van der Waals surface area (Å²) in [5.41, 5.74) is 2.33. The van der Waals surface area contributed by atoms with Crippen LogP contribution in [-0.2, 0) is 21.4 Å². The number of rotatable bonds is 5. The standard InChI is InChI=1S/C15H20FNO3S/c1-11(2)13-5-3-12(4-6-13)7-8-17-10-14(9-15(17)18)21(16,19)20/h3-6,11,14H,7-10H2,1-2H3. The molecule has 1 unspecified atom stereocenters. The summed E-state index contributed by atoms with van der Waals surface area (Å²) in [6.07, 6.45) is 0.397. The van der Waals surface area contributed by atoms with Crippen molar-refractivity contribution >= 4 is 16.1 Å². The zero-order valence-electron chi connectivity index (χ0n) is 12.3. The Morgan fingerprint density at radius 2 is 1.90 bits per heavy atom. The highest BCUT2D eigenvalue weighted by Crippen LogP contribution is 2.20. The first-order valence-corrected chi connectivity index (χ1v) is 8.52. The van der Waals surface area contributed by atoms with Crippen molar-refractivity contribution in [3.05, 3.63) is 35.4 Å². The van der Waals surface area contributed by atoms with Gasteiger partial charge in [-0.05, 0) is 23.5 Å². The van der Waals surface area contributed by atoms with E-state index >= 15 is 0 Å². The summed E-state index contributed by atoms with van der Waals surface area (Å²) in [4.78, 5) is 13.1. The van der Waals surface area contributed by atoms with Crippen molar-refractivity contribution in [2.24, 2.45) is 0 Å². The van der Waals surface area contributed by atoms with E-state index in [1.54, 1.807) is 0 Å². The number of benzene rings is 1. The van der Waals surface area contributed by atoms with Crippen LogP contribution in [0.25, 0.3) is 0 Å². The second-order valence-electron chi connectivity index (χ2n) is 5.79. The number of amides is 1. The van der Waals surface area contributed by atoms with Crippen molar-refractivity contribution in [3.8, 4) is 0 Å². The molecular weight excluding hydrogens is 293 g/mol. The number of nitrogens with zero attached hydrogens (tertiary/aromatic N) is 1. The summed E-state index contributed by atoms with van der Waals surface area (Å²) >= 11 is 0. The molecule has 1 heterocycles. The van der Waals surface area contributed by atoms with Gasteiger partial charge in [0.2, 0.25) is 5.91 Å². The molecule has 2 rings (SSSR count). The number of hydrogen-bond donors (Lipinski definition) is 0.